The first kappa shape index (κ1) is 15.6. The van der Waals surface area contributed by atoms with Gasteiger partial charge in [-0.05, 0) is 25.1 Å². The number of phenolic OH excluding ortho intramolecular Hbond substituents is 1. The van der Waals surface area contributed by atoms with Gasteiger partial charge in [-0.3, -0.25) is 9.89 Å². The molecule has 0 aliphatic carbocycles. The van der Waals surface area contributed by atoms with E-state index in [1.165, 1.54) is 18.2 Å². The minimum Gasteiger partial charge on any atom is -0.506 e. The van der Waals surface area contributed by atoms with Crippen molar-refractivity contribution in [3.05, 3.63) is 56.8 Å². The minimum atomic E-state index is -1.05. The normalized spacial score (nSPS) is 11.5. The zero-order chi connectivity index (χ0) is 17.9. The number of aromatic amines is 2. The predicted octanol–water partition coefficient (Wildman–Crippen LogP) is 4.02. The third-order valence-corrected chi connectivity index (χ3v) is 4.40. The Bertz CT molecular complexity index is 1230. The van der Waals surface area contributed by atoms with E-state index in [1.54, 1.807) is 6.92 Å². The van der Waals surface area contributed by atoms with E-state index < -0.39 is 17.1 Å². The quantitative estimate of drug-likeness (QED) is 0.479. The van der Waals surface area contributed by atoms with Crippen molar-refractivity contribution in [2.45, 2.75) is 6.92 Å². The number of benzene rings is 2. The van der Waals surface area contributed by atoms with Gasteiger partial charge in [0.05, 0.1) is 16.1 Å². The lowest BCUT2D eigenvalue weighted by molar-refractivity contribution is 0.475. The SMILES string of the molecule is Cc1[nH][nH]c2nc(-c3ccc(O)c(Cl)c3)c3c(F)cc(=O)c(F)c3c12. The van der Waals surface area contributed by atoms with E-state index in [-0.39, 0.29) is 32.9 Å². The van der Waals surface area contributed by atoms with Gasteiger partial charge in [0.15, 0.2) is 11.5 Å². The second-order valence-corrected chi connectivity index (χ2v) is 6.05. The van der Waals surface area contributed by atoms with Gasteiger partial charge in [-0.1, -0.05) is 11.6 Å². The maximum atomic E-state index is 14.6. The highest BCUT2D eigenvalue weighted by atomic mass is 35.5. The van der Waals surface area contributed by atoms with Gasteiger partial charge in [-0.15, -0.1) is 0 Å². The van der Waals surface area contributed by atoms with Crippen molar-refractivity contribution in [2.24, 2.45) is 0 Å². The van der Waals surface area contributed by atoms with E-state index in [2.05, 4.69) is 15.2 Å². The molecule has 4 aromatic rings. The van der Waals surface area contributed by atoms with E-state index in [1.807, 2.05) is 0 Å². The van der Waals surface area contributed by atoms with Crippen LogP contribution >= 0.6 is 11.6 Å². The number of fused-ring (bicyclic) bond motifs is 3. The number of nitrogens with one attached hydrogen (secondary N) is 2. The average Bonchev–Trinajstić information content (AvgIpc) is 2.95. The Kier molecular flexibility index (Phi) is 3.30. The maximum absolute atomic E-state index is 14.6. The molecule has 0 radical (unpaired) electrons. The molecule has 0 aliphatic heterocycles. The fourth-order valence-electron chi connectivity index (χ4n) is 2.95. The highest BCUT2D eigenvalue weighted by molar-refractivity contribution is 6.32. The maximum Gasteiger partial charge on any atom is 0.217 e. The molecule has 0 fully saturated rings. The Balaban J connectivity index is 2.26. The third kappa shape index (κ3) is 2.20. The number of hydrogen-bond acceptors (Lipinski definition) is 3. The molecule has 25 heavy (non-hydrogen) atoms. The summed E-state index contributed by atoms with van der Waals surface area (Å²) in [5.74, 6) is -2.07. The van der Waals surface area contributed by atoms with Gasteiger partial charge in [-0.25, -0.2) is 13.8 Å². The van der Waals surface area contributed by atoms with Crippen LogP contribution in [0.5, 0.6) is 5.75 Å². The van der Waals surface area contributed by atoms with Crippen LogP contribution in [0.4, 0.5) is 8.78 Å². The summed E-state index contributed by atoms with van der Waals surface area (Å²) in [5.41, 5.74) is 0.238. The largest absolute Gasteiger partial charge is 0.506 e. The molecule has 0 spiro atoms. The predicted molar refractivity (Wildman–Crippen MR) is 91.0 cm³/mol. The molecule has 0 amide bonds. The number of aryl methyl sites for hydroxylation is 1. The first-order valence-electron chi connectivity index (χ1n) is 7.26. The molecule has 2 aromatic heterocycles. The molecule has 0 aliphatic rings. The van der Waals surface area contributed by atoms with Gasteiger partial charge in [0.1, 0.15) is 11.6 Å². The van der Waals surface area contributed by atoms with Crippen LogP contribution in [0.1, 0.15) is 5.69 Å². The van der Waals surface area contributed by atoms with Crippen molar-refractivity contribution in [1.82, 2.24) is 15.2 Å². The number of hydrogen-bond donors (Lipinski definition) is 3. The number of aromatic nitrogens is 3. The van der Waals surface area contributed by atoms with Gasteiger partial charge in [0.25, 0.3) is 0 Å². The van der Waals surface area contributed by atoms with Crippen molar-refractivity contribution in [1.29, 1.82) is 0 Å². The van der Waals surface area contributed by atoms with Crippen LogP contribution in [0.15, 0.2) is 29.1 Å². The van der Waals surface area contributed by atoms with Crippen LogP contribution in [-0.4, -0.2) is 20.3 Å². The van der Waals surface area contributed by atoms with Crippen LogP contribution < -0.4 is 5.43 Å². The Hall–Kier alpha value is -2.93. The van der Waals surface area contributed by atoms with Gasteiger partial charge >= 0.3 is 0 Å². The summed E-state index contributed by atoms with van der Waals surface area (Å²) >= 11 is 5.92. The molecular weight excluding hydrogens is 352 g/mol. The molecule has 2 aromatic carbocycles. The molecule has 8 heteroatoms. The second kappa shape index (κ2) is 5.29. The summed E-state index contributed by atoms with van der Waals surface area (Å²) in [7, 11) is 0. The molecule has 5 nitrogen and oxygen atoms in total. The fraction of sp³-hybridized carbons (Fsp3) is 0.0588. The van der Waals surface area contributed by atoms with Crippen LogP contribution in [0, 0.1) is 18.6 Å². The van der Waals surface area contributed by atoms with Crippen molar-refractivity contribution < 1.29 is 13.9 Å². The number of aromatic hydroxyl groups is 1. The molecule has 0 unspecified atom stereocenters. The monoisotopic (exact) mass is 361 g/mol. The topological polar surface area (TPSA) is 81.8 Å². The number of rotatable bonds is 1. The molecule has 2 heterocycles. The van der Waals surface area contributed by atoms with Crippen molar-refractivity contribution in [3.8, 4) is 17.0 Å². The lowest BCUT2D eigenvalue weighted by atomic mass is 10.00. The van der Waals surface area contributed by atoms with E-state index in [9.17, 15) is 18.7 Å². The van der Waals surface area contributed by atoms with Crippen LogP contribution in [0.3, 0.4) is 0 Å². The smallest absolute Gasteiger partial charge is 0.217 e. The van der Waals surface area contributed by atoms with E-state index in [4.69, 9.17) is 11.6 Å². The number of pyridine rings is 1. The summed E-state index contributed by atoms with van der Waals surface area (Å²) < 4.78 is 29.2. The summed E-state index contributed by atoms with van der Waals surface area (Å²) in [4.78, 5) is 16.1. The first-order valence-corrected chi connectivity index (χ1v) is 7.64. The van der Waals surface area contributed by atoms with Gasteiger partial charge in [0.2, 0.25) is 5.43 Å². The number of H-pyrrole nitrogens is 2. The zero-order valence-corrected chi connectivity index (χ0v) is 13.5. The van der Waals surface area contributed by atoms with Crippen molar-refractivity contribution in [2.75, 3.05) is 0 Å². The molecule has 0 saturated heterocycles. The highest BCUT2D eigenvalue weighted by Crippen LogP contribution is 2.37. The fourth-order valence-corrected chi connectivity index (χ4v) is 3.13. The van der Waals surface area contributed by atoms with Gasteiger partial charge in [-0.2, -0.15) is 0 Å². The molecule has 0 bridgehead atoms. The number of nitrogens with zero attached hydrogens (tertiary/aromatic N) is 1. The van der Waals surface area contributed by atoms with Gasteiger partial charge in [0, 0.05) is 28.1 Å². The summed E-state index contributed by atoms with van der Waals surface area (Å²) in [5, 5.41) is 15.2. The number of halogens is 3. The second-order valence-electron chi connectivity index (χ2n) is 5.65. The van der Waals surface area contributed by atoms with Crippen LogP contribution in [0.2, 0.25) is 5.02 Å². The molecule has 0 atom stereocenters. The first-order chi connectivity index (χ1) is 11.9. The van der Waals surface area contributed by atoms with E-state index in [0.717, 1.165) is 0 Å². The Morgan fingerprint density at radius 3 is 2.60 bits per heavy atom. The minimum absolute atomic E-state index is 0.0445. The molecule has 126 valence electrons. The number of phenols is 1. The Morgan fingerprint density at radius 2 is 1.88 bits per heavy atom. The average molecular weight is 362 g/mol. The lowest BCUT2D eigenvalue weighted by Crippen LogP contribution is -2.08. The Labute approximate surface area is 143 Å². The van der Waals surface area contributed by atoms with Crippen molar-refractivity contribution in [3.63, 3.8) is 0 Å². The van der Waals surface area contributed by atoms with E-state index in [0.29, 0.717) is 22.7 Å². The summed E-state index contributed by atoms with van der Waals surface area (Å²) in [6, 6.07) is 4.81. The standard InChI is InChI=1S/C17H10ClF2N3O2/c1-6-12-14-13(9(19)5-11(25)15(14)20)16(21-17(12)23-22-6)7-2-3-10(24)8(18)4-7/h2-5,24H,1H3,(H2,21,22,23). The summed E-state index contributed by atoms with van der Waals surface area (Å²) in [6.07, 6.45) is 0. The molecule has 4 rings (SSSR count). The van der Waals surface area contributed by atoms with Crippen molar-refractivity contribution >= 4 is 33.4 Å². The van der Waals surface area contributed by atoms with Gasteiger partial charge < -0.3 is 10.2 Å². The molecule has 0 saturated carbocycles. The Morgan fingerprint density at radius 1 is 1.12 bits per heavy atom. The van der Waals surface area contributed by atoms with Crippen LogP contribution in [-0.2, 0) is 0 Å². The molecular formula is C17H10ClF2N3O2. The lowest BCUT2D eigenvalue weighted by Gasteiger charge is -2.10. The zero-order valence-electron chi connectivity index (χ0n) is 12.7. The van der Waals surface area contributed by atoms with E-state index >= 15 is 0 Å². The third-order valence-electron chi connectivity index (χ3n) is 4.09. The molecule has 3 N–H and O–H groups in total. The highest BCUT2D eigenvalue weighted by Gasteiger charge is 2.22. The summed E-state index contributed by atoms with van der Waals surface area (Å²) in [6.45, 7) is 1.66. The van der Waals surface area contributed by atoms with Crippen LogP contribution in [0.25, 0.3) is 33.1 Å².